The van der Waals surface area contributed by atoms with Crippen molar-refractivity contribution >= 4 is 15.7 Å². The van der Waals surface area contributed by atoms with Crippen LogP contribution in [-0.4, -0.2) is 15.0 Å². The van der Waals surface area contributed by atoms with Gasteiger partial charge in [-0.2, -0.15) is 0 Å². The molecule has 2 rings (SSSR count). The van der Waals surface area contributed by atoms with Gasteiger partial charge in [-0.3, -0.25) is 4.72 Å². The Kier molecular flexibility index (Phi) is 5.18. The standard InChI is InChI=1S/C18H22FNO3S/c1-13-5-8-15(9-6-13)24(21,22)20-14-7-10-17(16(19)11-14)23-12-18(2,3)4/h5-11,20H,12H2,1-4H3. The largest absolute Gasteiger partial charge is 0.490 e. The molecule has 0 aromatic heterocycles. The molecule has 0 aliphatic carbocycles. The number of sulfonamides is 1. The lowest BCUT2D eigenvalue weighted by Gasteiger charge is -2.19. The molecule has 0 radical (unpaired) electrons. The van der Waals surface area contributed by atoms with E-state index in [1.165, 1.54) is 24.3 Å². The van der Waals surface area contributed by atoms with E-state index in [2.05, 4.69) is 4.72 Å². The fourth-order valence-electron chi connectivity index (χ4n) is 1.91. The van der Waals surface area contributed by atoms with Crippen LogP contribution in [-0.2, 0) is 10.0 Å². The molecule has 0 saturated heterocycles. The molecule has 0 unspecified atom stereocenters. The highest BCUT2D eigenvalue weighted by Crippen LogP contribution is 2.25. The van der Waals surface area contributed by atoms with Crippen LogP contribution in [0, 0.1) is 18.2 Å². The number of hydrogen-bond acceptors (Lipinski definition) is 3. The van der Waals surface area contributed by atoms with E-state index >= 15 is 0 Å². The Morgan fingerprint density at radius 1 is 1.08 bits per heavy atom. The molecule has 130 valence electrons. The first kappa shape index (κ1) is 18.3. The van der Waals surface area contributed by atoms with E-state index in [1.807, 2.05) is 27.7 Å². The van der Waals surface area contributed by atoms with Crippen LogP contribution in [0.4, 0.5) is 10.1 Å². The van der Waals surface area contributed by atoms with Gasteiger partial charge in [0.15, 0.2) is 11.6 Å². The second-order valence-corrected chi connectivity index (χ2v) is 8.60. The van der Waals surface area contributed by atoms with E-state index in [1.54, 1.807) is 12.1 Å². The highest BCUT2D eigenvalue weighted by Gasteiger charge is 2.16. The molecule has 0 atom stereocenters. The zero-order chi connectivity index (χ0) is 18.0. The molecule has 0 fully saturated rings. The number of halogens is 1. The Bertz CT molecular complexity index is 809. The normalized spacial score (nSPS) is 12.0. The molecule has 6 heteroatoms. The fraction of sp³-hybridized carbons (Fsp3) is 0.333. The first-order valence-corrected chi connectivity index (χ1v) is 9.07. The van der Waals surface area contributed by atoms with Crippen LogP contribution in [0.1, 0.15) is 26.3 Å². The van der Waals surface area contributed by atoms with E-state index < -0.39 is 15.8 Å². The van der Waals surface area contributed by atoms with Gasteiger partial charge in [-0.05, 0) is 36.6 Å². The lowest BCUT2D eigenvalue weighted by molar-refractivity contribution is 0.191. The monoisotopic (exact) mass is 351 g/mol. The van der Waals surface area contributed by atoms with Crippen molar-refractivity contribution < 1.29 is 17.5 Å². The van der Waals surface area contributed by atoms with Crippen LogP contribution in [0.2, 0.25) is 0 Å². The minimum atomic E-state index is -3.75. The van der Waals surface area contributed by atoms with E-state index in [0.717, 1.165) is 11.6 Å². The summed E-state index contributed by atoms with van der Waals surface area (Å²) in [5, 5.41) is 0. The number of ether oxygens (including phenoxy) is 1. The van der Waals surface area contributed by atoms with E-state index in [0.29, 0.717) is 6.61 Å². The molecule has 0 amide bonds. The van der Waals surface area contributed by atoms with Gasteiger partial charge in [0.05, 0.1) is 17.2 Å². The summed E-state index contributed by atoms with van der Waals surface area (Å²) < 4.78 is 46.5. The maximum absolute atomic E-state index is 14.1. The van der Waals surface area contributed by atoms with Crippen molar-refractivity contribution in [3.05, 3.63) is 53.8 Å². The third kappa shape index (κ3) is 4.96. The molecule has 2 aromatic rings. The van der Waals surface area contributed by atoms with E-state index in [4.69, 9.17) is 4.74 Å². The average Bonchev–Trinajstić information content (AvgIpc) is 2.45. The van der Waals surface area contributed by atoms with Crippen LogP contribution in [0.5, 0.6) is 5.75 Å². The van der Waals surface area contributed by atoms with Crippen molar-refractivity contribution in [1.29, 1.82) is 0 Å². The zero-order valence-electron chi connectivity index (χ0n) is 14.3. The summed E-state index contributed by atoms with van der Waals surface area (Å²) in [6.07, 6.45) is 0. The summed E-state index contributed by atoms with van der Waals surface area (Å²) >= 11 is 0. The van der Waals surface area contributed by atoms with Gasteiger partial charge >= 0.3 is 0 Å². The number of rotatable bonds is 5. The van der Waals surface area contributed by atoms with Gasteiger partial charge in [0.1, 0.15) is 0 Å². The smallest absolute Gasteiger partial charge is 0.261 e. The van der Waals surface area contributed by atoms with Crippen LogP contribution in [0.3, 0.4) is 0 Å². The Morgan fingerprint density at radius 2 is 1.71 bits per heavy atom. The Balaban J connectivity index is 2.15. The summed E-state index contributed by atoms with van der Waals surface area (Å²) in [6.45, 7) is 8.17. The maximum Gasteiger partial charge on any atom is 0.261 e. The second kappa shape index (κ2) is 6.81. The van der Waals surface area contributed by atoms with E-state index in [9.17, 15) is 12.8 Å². The third-order valence-electron chi connectivity index (χ3n) is 3.18. The van der Waals surface area contributed by atoms with Crippen molar-refractivity contribution in [2.45, 2.75) is 32.6 Å². The van der Waals surface area contributed by atoms with Crippen LogP contribution in [0.15, 0.2) is 47.4 Å². The van der Waals surface area contributed by atoms with Gasteiger partial charge in [0.2, 0.25) is 0 Å². The number of hydrogen-bond donors (Lipinski definition) is 1. The van der Waals surface area contributed by atoms with Gasteiger partial charge in [0, 0.05) is 6.07 Å². The molecule has 1 N–H and O–H groups in total. The Hall–Kier alpha value is -2.08. The topological polar surface area (TPSA) is 55.4 Å². The van der Waals surface area contributed by atoms with Gasteiger partial charge in [-0.25, -0.2) is 12.8 Å². The van der Waals surface area contributed by atoms with Gasteiger partial charge in [-0.15, -0.1) is 0 Å². The second-order valence-electron chi connectivity index (χ2n) is 6.91. The van der Waals surface area contributed by atoms with Gasteiger partial charge < -0.3 is 4.74 Å². The molecule has 0 spiro atoms. The molecule has 4 nitrogen and oxygen atoms in total. The molecule has 2 aromatic carbocycles. The molecule has 0 bridgehead atoms. The Labute approximate surface area is 142 Å². The SMILES string of the molecule is Cc1ccc(S(=O)(=O)Nc2ccc(OCC(C)(C)C)c(F)c2)cc1. The summed E-state index contributed by atoms with van der Waals surface area (Å²) in [6, 6.07) is 10.4. The van der Waals surface area contributed by atoms with E-state index in [-0.39, 0.29) is 21.7 Å². The molecule has 0 saturated carbocycles. The summed E-state index contributed by atoms with van der Waals surface area (Å²) in [4.78, 5) is 0.126. The minimum Gasteiger partial charge on any atom is -0.490 e. The Morgan fingerprint density at radius 3 is 2.25 bits per heavy atom. The zero-order valence-corrected chi connectivity index (χ0v) is 15.1. The third-order valence-corrected chi connectivity index (χ3v) is 4.57. The molecule has 0 heterocycles. The number of aryl methyl sites for hydroxylation is 1. The first-order valence-electron chi connectivity index (χ1n) is 7.59. The molecule has 24 heavy (non-hydrogen) atoms. The van der Waals surface area contributed by atoms with Crippen LogP contribution < -0.4 is 9.46 Å². The maximum atomic E-state index is 14.1. The fourth-order valence-corrected chi connectivity index (χ4v) is 2.96. The lowest BCUT2D eigenvalue weighted by Crippen LogP contribution is -2.17. The van der Waals surface area contributed by atoms with Crippen molar-refractivity contribution in [3.8, 4) is 5.75 Å². The number of anilines is 1. The predicted octanol–water partition coefficient (Wildman–Crippen LogP) is 4.36. The van der Waals surface area contributed by atoms with Gasteiger partial charge in [-0.1, -0.05) is 38.5 Å². The quantitative estimate of drug-likeness (QED) is 0.871. The molecular formula is C18H22FNO3S. The predicted molar refractivity (Wildman–Crippen MR) is 93.3 cm³/mol. The number of nitrogens with one attached hydrogen (secondary N) is 1. The summed E-state index contributed by atoms with van der Waals surface area (Å²) in [7, 11) is -3.75. The van der Waals surface area contributed by atoms with Crippen molar-refractivity contribution in [3.63, 3.8) is 0 Å². The first-order chi connectivity index (χ1) is 11.1. The molecule has 0 aliphatic rings. The highest BCUT2D eigenvalue weighted by atomic mass is 32.2. The van der Waals surface area contributed by atoms with Crippen molar-refractivity contribution in [2.75, 3.05) is 11.3 Å². The lowest BCUT2D eigenvalue weighted by atomic mass is 9.99. The van der Waals surface area contributed by atoms with Crippen LogP contribution in [0.25, 0.3) is 0 Å². The van der Waals surface area contributed by atoms with Gasteiger partial charge in [0.25, 0.3) is 10.0 Å². The molecule has 0 aliphatic heterocycles. The van der Waals surface area contributed by atoms with Crippen LogP contribution >= 0.6 is 0 Å². The van der Waals surface area contributed by atoms with Crippen molar-refractivity contribution in [1.82, 2.24) is 0 Å². The number of benzene rings is 2. The molecular weight excluding hydrogens is 329 g/mol. The minimum absolute atomic E-state index is 0.0991. The highest BCUT2D eigenvalue weighted by molar-refractivity contribution is 7.92. The summed E-state index contributed by atoms with van der Waals surface area (Å²) in [5.41, 5.74) is 1.01. The van der Waals surface area contributed by atoms with Crippen molar-refractivity contribution in [2.24, 2.45) is 5.41 Å². The average molecular weight is 351 g/mol. The summed E-state index contributed by atoms with van der Waals surface area (Å²) in [5.74, 6) is -0.508.